The lowest BCUT2D eigenvalue weighted by Gasteiger charge is -2.57. The third-order valence-electron chi connectivity index (χ3n) is 3.68. The Bertz CT molecular complexity index is 520. The van der Waals surface area contributed by atoms with E-state index in [-0.39, 0.29) is 0 Å². The third-order valence-corrected chi connectivity index (χ3v) is 3.68. The van der Waals surface area contributed by atoms with E-state index in [1.165, 1.54) is 17.2 Å². The van der Waals surface area contributed by atoms with E-state index in [1.54, 1.807) is 0 Å². The predicted molar refractivity (Wildman–Crippen MR) is 58.4 cm³/mol. The maximum absolute atomic E-state index is 12.8. The van der Waals surface area contributed by atoms with Gasteiger partial charge in [0.05, 0.1) is 24.3 Å². The lowest BCUT2D eigenvalue weighted by atomic mass is 9.82. The first-order valence-electron chi connectivity index (χ1n) is 5.86. The molecule has 1 aromatic heterocycles. The molecule has 7 heteroatoms. The first-order valence-corrected chi connectivity index (χ1v) is 5.86. The Labute approximate surface area is 107 Å². The molecule has 2 aliphatic rings. The van der Waals surface area contributed by atoms with Gasteiger partial charge in [-0.2, -0.15) is 13.2 Å². The lowest BCUT2D eigenvalue weighted by molar-refractivity contribution is -0.172. The molecule has 0 atom stereocenters. The number of likely N-dealkylation sites (tertiary alicyclic amines) is 1. The first-order chi connectivity index (χ1) is 8.94. The predicted octanol–water partition coefficient (Wildman–Crippen LogP) is 1.72. The second kappa shape index (κ2) is 3.93. The van der Waals surface area contributed by atoms with Crippen LogP contribution in [0.3, 0.4) is 0 Å². The molecular weight excluding hydrogens is 261 g/mol. The van der Waals surface area contributed by atoms with E-state index in [0.29, 0.717) is 19.8 Å². The highest BCUT2D eigenvalue weighted by atomic mass is 19.4. The van der Waals surface area contributed by atoms with Crippen molar-refractivity contribution in [1.29, 1.82) is 0 Å². The quantitative estimate of drug-likeness (QED) is 0.781. The third kappa shape index (κ3) is 1.80. The Morgan fingerprint density at radius 2 is 2.16 bits per heavy atom. The second-order valence-corrected chi connectivity index (χ2v) is 4.82. The Balaban J connectivity index is 1.92. The van der Waals surface area contributed by atoms with Gasteiger partial charge in [0.1, 0.15) is 5.69 Å². The van der Waals surface area contributed by atoms with Crippen molar-refractivity contribution in [1.82, 2.24) is 9.88 Å². The molecule has 2 saturated heterocycles. The number of nitrogens with zero attached hydrogens (tertiary/aromatic N) is 2. The SMILES string of the molecule is O=C(c1ncccc1C(F)(F)F)N1CCC12COC2. The number of hydrogen-bond acceptors (Lipinski definition) is 3. The van der Waals surface area contributed by atoms with Gasteiger partial charge in [0.15, 0.2) is 0 Å². The van der Waals surface area contributed by atoms with Gasteiger partial charge >= 0.3 is 6.18 Å². The topological polar surface area (TPSA) is 42.4 Å². The first kappa shape index (κ1) is 12.4. The molecule has 1 spiro atoms. The van der Waals surface area contributed by atoms with Crippen LogP contribution < -0.4 is 0 Å². The van der Waals surface area contributed by atoms with Crippen LogP contribution in [-0.2, 0) is 10.9 Å². The van der Waals surface area contributed by atoms with E-state index in [9.17, 15) is 18.0 Å². The largest absolute Gasteiger partial charge is 0.418 e. The summed E-state index contributed by atoms with van der Waals surface area (Å²) in [5, 5.41) is 0. The van der Waals surface area contributed by atoms with Crippen molar-refractivity contribution in [3.8, 4) is 0 Å². The molecule has 0 unspecified atom stereocenters. The maximum atomic E-state index is 12.8. The van der Waals surface area contributed by atoms with Crippen LogP contribution in [0.5, 0.6) is 0 Å². The van der Waals surface area contributed by atoms with Crippen LogP contribution in [0.15, 0.2) is 18.3 Å². The van der Waals surface area contributed by atoms with Gasteiger partial charge in [-0.15, -0.1) is 0 Å². The highest BCUT2D eigenvalue weighted by molar-refractivity contribution is 5.95. The van der Waals surface area contributed by atoms with E-state index in [4.69, 9.17) is 4.74 Å². The molecule has 0 bridgehead atoms. The number of halogens is 3. The van der Waals surface area contributed by atoms with E-state index in [0.717, 1.165) is 12.5 Å². The second-order valence-electron chi connectivity index (χ2n) is 4.82. The molecule has 0 aromatic carbocycles. The van der Waals surface area contributed by atoms with Gasteiger partial charge < -0.3 is 9.64 Å². The molecule has 0 saturated carbocycles. The number of rotatable bonds is 1. The molecule has 3 heterocycles. The summed E-state index contributed by atoms with van der Waals surface area (Å²) in [7, 11) is 0. The van der Waals surface area contributed by atoms with Gasteiger partial charge in [0.2, 0.25) is 0 Å². The number of aromatic nitrogens is 1. The Morgan fingerprint density at radius 1 is 1.42 bits per heavy atom. The molecule has 0 N–H and O–H groups in total. The van der Waals surface area contributed by atoms with E-state index in [2.05, 4.69) is 4.98 Å². The molecule has 1 aromatic rings. The normalized spacial score (nSPS) is 20.9. The molecule has 1 amide bonds. The fourth-order valence-electron chi connectivity index (χ4n) is 2.43. The minimum atomic E-state index is -4.58. The average molecular weight is 272 g/mol. The number of amides is 1. The number of carbonyl (C=O) groups excluding carboxylic acids is 1. The highest BCUT2D eigenvalue weighted by Crippen LogP contribution is 2.39. The Morgan fingerprint density at radius 3 is 2.63 bits per heavy atom. The van der Waals surface area contributed by atoms with Crippen LogP contribution in [0.25, 0.3) is 0 Å². The van der Waals surface area contributed by atoms with E-state index in [1.807, 2.05) is 0 Å². The van der Waals surface area contributed by atoms with Gasteiger partial charge in [-0.05, 0) is 18.6 Å². The van der Waals surface area contributed by atoms with E-state index < -0.39 is 28.9 Å². The fourth-order valence-corrected chi connectivity index (χ4v) is 2.43. The van der Waals surface area contributed by atoms with Crippen LogP contribution in [0.2, 0.25) is 0 Å². The molecule has 2 fully saturated rings. The number of ether oxygens (including phenoxy) is 1. The van der Waals surface area contributed by atoms with Crippen molar-refractivity contribution >= 4 is 5.91 Å². The molecule has 2 aliphatic heterocycles. The van der Waals surface area contributed by atoms with Crippen LogP contribution >= 0.6 is 0 Å². The zero-order valence-electron chi connectivity index (χ0n) is 9.91. The lowest BCUT2D eigenvalue weighted by Crippen LogP contribution is -2.72. The Hall–Kier alpha value is -1.63. The summed E-state index contributed by atoms with van der Waals surface area (Å²) in [5.41, 5.74) is -1.90. The smallest absolute Gasteiger partial charge is 0.376 e. The van der Waals surface area contributed by atoms with Crippen molar-refractivity contribution in [2.75, 3.05) is 19.8 Å². The maximum Gasteiger partial charge on any atom is 0.418 e. The summed E-state index contributed by atoms with van der Waals surface area (Å²) in [6.45, 7) is 1.25. The molecule has 3 rings (SSSR count). The minimum Gasteiger partial charge on any atom is -0.376 e. The zero-order valence-corrected chi connectivity index (χ0v) is 9.91. The van der Waals surface area contributed by atoms with Crippen LogP contribution in [0.1, 0.15) is 22.5 Å². The summed E-state index contributed by atoms with van der Waals surface area (Å²) in [4.78, 5) is 17.3. The van der Waals surface area contributed by atoms with Gasteiger partial charge in [0.25, 0.3) is 5.91 Å². The molecular formula is C12H11F3N2O2. The number of alkyl halides is 3. The molecule has 19 heavy (non-hydrogen) atoms. The minimum absolute atomic E-state index is 0.391. The fraction of sp³-hybridized carbons (Fsp3) is 0.500. The standard InChI is InChI=1S/C12H11F3N2O2/c13-12(14,15)8-2-1-4-16-9(8)10(18)17-5-3-11(17)6-19-7-11/h1-2,4H,3,5-7H2. The van der Waals surface area contributed by atoms with Crippen molar-refractivity contribution in [2.24, 2.45) is 0 Å². The summed E-state index contributed by atoms with van der Waals surface area (Å²) in [6.07, 6.45) is -2.60. The average Bonchev–Trinajstić information content (AvgIpc) is 2.24. The van der Waals surface area contributed by atoms with Crippen molar-refractivity contribution in [2.45, 2.75) is 18.1 Å². The van der Waals surface area contributed by atoms with Gasteiger partial charge in [-0.25, -0.2) is 0 Å². The number of pyridine rings is 1. The highest BCUT2D eigenvalue weighted by Gasteiger charge is 2.54. The Kier molecular flexibility index (Phi) is 2.57. The van der Waals surface area contributed by atoms with Crippen LogP contribution in [-0.4, -0.2) is 41.1 Å². The van der Waals surface area contributed by atoms with Crippen molar-refractivity contribution in [3.05, 3.63) is 29.6 Å². The van der Waals surface area contributed by atoms with Crippen molar-refractivity contribution < 1.29 is 22.7 Å². The van der Waals surface area contributed by atoms with Gasteiger partial charge in [0, 0.05) is 12.7 Å². The monoisotopic (exact) mass is 272 g/mol. The number of hydrogen-bond donors (Lipinski definition) is 0. The van der Waals surface area contributed by atoms with Crippen LogP contribution in [0.4, 0.5) is 13.2 Å². The molecule has 102 valence electrons. The number of carbonyl (C=O) groups is 1. The molecule has 0 aliphatic carbocycles. The van der Waals surface area contributed by atoms with Gasteiger partial charge in [-0.3, -0.25) is 9.78 Å². The van der Waals surface area contributed by atoms with Crippen molar-refractivity contribution in [3.63, 3.8) is 0 Å². The molecule has 4 nitrogen and oxygen atoms in total. The summed E-state index contributed by atoms with van der Waals surface area (Å²) in [6, 6.07) is 2.06. The molecule has 0 radical (unpaired) electrons. The van der Waals surface area contributed by atoms with Gasteiger partial charge in [-0.1, -0.05) is 0 Å². The zero-order chi connectivity index (χ0) is 13.7. The van der Waals surface area contributed by atoms with E-state index >= 15 is 0 Å². The summed E-state index contributed by atoms with van der Waals surface area (Å²) in [5.74, 6) is -0.664. The summed E-state index contributed by atoms with van der Waals surface area (Å²) >= 11 is 0. The summed E-state index contributed by atoms with van der Waals surface area (Å²) < 4.78 is 43.6. The van der Waals surface area contributed by atoms with Crippen LogP contribution in [0, 0.1) is 0 Å².